The van der Waals surface area contributed by atoms with Crippen LogP contribution in [0.15, 0.2) is 67.1 Å². The summed E-state index contributed by atoms with van der Waals surface area (Å²) in [5, 5.41) is 2.80. The van der Waals surface area contributed by atoms with Crippen molar-refractivity contribution in [3.05, 3.63) is 84.1 Å². The van der Waals surface area contributed by atoms with Crippen LogP contribution in [0.25, 0.3) is 0 Å². The first kappa shape index (κ1) is 15.9. The second-order valence-electron chi connectivity index (χ2n) is 5.67. The molecule has 0 aliphatic carbocycles. The fourth-order valence-electron chi connectivity index (χ4n) is 2.64. The summed E-state index contributed by atoms with van der Waals surface area (Å²) in [5.41, 5.74) is 1.77. The fourth-order valence-corrected chi connectivity index (χ4v) is 2.64. The fraction of sp³-hybridized carbons (Fsp3) is 0.158. The second-order valence-corrected chi connectivity index (χ2v) is 5.67. The first-order valence-corrected chi connectivity index (χ1v) is 7.72. The first-order valence-electron chi connectivity index (χ1n) is 7.72. The van der Waals surface area contributed by atoms with Crippen molar-refractivity contribution in [1.82, 2.24) is 9.55 Å². The number of carbonyl (C=O) groups excluding carboxylic acids is 1. The molecule has 122 valence electrons. The summed E-state index contributed by atoms with van der Waals surface area (Å²) in [6, 6.07) is 13.5. The largest absolute Gasteiger partial charge is 0.346 e. The van der Waals surface area contributed by atoms with Gasteiger partial charge in [0.2, 0.25) is 5.91 Å². The number of hydrogen-bond donors (Lipinski definition) is 1. The van der Waals surface area contributed by atoms with Gasteiger partial charge in [0.05, 0.1) is 12.5 Å². The lowest BCUT2D eigenvalue weighted by molar-refractivity contribution is -0.116. The van der Waals surface area contributed by atoms with Gasteiger partial charge in [0.1, 0.15) is 11.6 Å². The van der Waals surface area contributed by atoms with Gasteiger partial charge in [0.15, 0.2) is 0 Å². The molecule has 4 nitrogen and oxygen atoms in total. The molecular formula is C19H18FN3O. The van der Waals surface area contributed by atoms with Crippen molar-refractivity contribution >= 4 is 11.7 Å². The minimum Gasteiger partial charge on any atom is -0.346 e. The van der Waals surface area contributed by atoms with Crippen molar-refractivity contribution < 1.29 is 9.18 Å². The van der Waals surface area contributed by atoms with Gasteiger partial charge in [-0.3, -0.25) is 4.79 Å². The van der Waals surface area contributed by atoms with Crippen LogP contribution in [0.3, 0.4) is 0 Å². The van der Waals surface area contributed by atoms with Crippen molar-refractivity contribution in [2.75, 3.05) is 5.32 Å². The Hall–Kier alpha value is -2.95. The molecule has 0 unspecified atom stereocenters. The van der Waals surface area contributed by atoms with Gasteiger partial charge in [0, 0.05) is 18.6 Å². The number of hydrogen-bond acceptors (Lipinski definition) is 2. The van der Waals surface area contributed by atoms with E-state index in [9.17, 15) is 9.18 Å². The standard InChI is InChI=1S/C19H18FN3O/c1-14-7-8-21-18(11-14)22-19(24)13-17(23-9-2-3-10-23)15-5-4-6-16(20)12-15/h2-12,17H,13H2,1H3,(H,21,22,24)/t17-/m1/s1. The monoisotopic (exact) mass is 323 g/mol. The van der Waals surface area contributed by atoms with Crippen LogP contribution in [0, 0.1) is 12.7 Å². The smallest absolute Gasteiger partial charge is 0.227 e. The van der Waals surface area contributed by atoms with E-state index in [0.717, 1.165) is 11.1 Å². The quantitative estimate of drug-likeness (QED) is 0.773. The van der Waals surface area contributed by atoms with Crippen LogP contribution in [0.2, 0.25) is 0 Å². The number of aromatic nitrogens is 2. The van der Waals surface area contributed by atoms with Gasteiger partial charge in [0.25, 0.3) is 0 Å². The molecule has 0 saturated carbocycles. The number of carbonyl (C=O) groups is 1. The zero-order chi connectivity index (χ0) is 16.9. The van der Waals surface area contributed by atoms with E-state index in [1.54, 1.807) is 12.3 Å². The molecule has 1 atom stereocenters. The second kappa shape index (κ2) is 7.08. The van der Waals surface area contributed by atoms with Crippen molar-refractivity contribution in [2.45, 2.75) is 19.4 Å². The van der Waals surface area contributed by atoms with E-state index in [-0.39, 0.29) is 24.2 Å². The van der Waals surface area contributed by atoms with Gasteiger partial charge in [-0.25, -0.2) is 9.37 Å². The van der Waals surface area contributed by atoms with Gasteiger partial charge in [-0.05, 0) is 54.4 Å². The lowest BCUT2D eigenvalue weighted by atomic mass is 10.0. The SMILES string of the molecule is Cc1ccnc(NC(=O)C[C@H](c2cccc(F)c2)n2cccc2)c1. The number of benzene rings is 1. The van der Waals surface area contributed by atoms with E-state index in [0.29, 0.717) is 5.82 Å². The van der Waals surface area contributed by atoms with Gasteiger partial charge in [-0.1, -0.05) is 12.1 Å². The average Bonchev–Trinajstić information content (AvgIpc) is 3.07. The summed E-state index contributed by atoms with van der Waals surface area (Å²) < 4.78 is 15.5. The number of nitrogens with zero attached hydrogens (tertiary/aromatic N) is 2. The summed E-state index contributed by atoms with van der Waals surface area (Å²) in [6.45, 7) is 1.94. The number of aryl methyl sites for hydroxylation is 1. The van der Waals surface area contributed by atoms with Gasteiger partial charge >= 0.3 is 0 Å². The Labute approximate surface area is 140 Å². The molecule has 3 aromatic rings. The highest BCUT2D eigenvalue weighted by atomic mass is 19.1. The Morgan fingerprint density at radius 2 is 2.00 bits per heavy atom. The molecule has 1 aromatic carbocycles. The number of halogens is 1. The zero-order valence-corrected chi connectivity index (χ0v) is 13.3. The van der Waals surface area contributed by atoms with Crippen molar-refractivity contribution in [1.29, 1.82) is 0 Å². The maximum Gasteiger partial charge on any atom is 0.227 e. The van der Waals surface area contributed by atoms with E-state index in [2.05, 4.69) is 10.3 Å². The van der Waals surface area contributed by atoms with E-state index < -0.39 is 0 Å². The summed E-state index contributed by atoms with van der Waals surface area (Å²) >= 11 is 0. The molecule has 0 radical (unpaired) electrons. The maximum atomic E-state index is 13.6. The average molecular weight is 323 g/mol. The lowest BCUT2D eigenvalue weighted by Gasteiger charge is -2.19. The van der Waals surface area contributed by atoms with Gasteiger partial charge < -0.3 is 9.88 Å². The predicted octanol–water partition coefficient (Wildman–Crippen LogP) is 3.95. The number of pyridine rings is 1. The maximum absolute atomic E-state index is 13.6. The number of rotatable bonds is 5. The lowest BCUT2D eigenvalue weighted by Crippen LogP contribution is -2.20. The highest BCUT2D eigenvalue weighted by Gasteiger charge is 2.18. The minimum atomic E-state index is -0.314. The summed E-state index contributed by atoms with van der Waals surface area (Å²) in [6.07, 6.45) is 5.58. The topological polar surface area (TPSA) is 46.9 Å². The van der Waals surface area contributed by atoms with E-state index in [1.807, 2.05) is 54.2 Å². The third-order valence-corrected chi connectivity index (χ3v) is 3.78. The Bertz CT molecular complexity index is 830. The molecule has 0 bridgehead atoms. The Morgan fingerprint density at radius 1 is 1.21 bits per heavy atom. The molecule has 1 amide bonds. The molecule has 1 N–H and O–H groups in total. The summed E-state index contributed by atoms with van der Waals surface area (Å²) in [5.74, 6) is 0.0342. The van der Waals surface area contributed by atoms with Crippen LogP contribution in [0.4, 0.5) is 10.2 Å². The first-order chi connectivity index (χ1) is 11.6. The molecule has 3 rings (SSSR count). The highest BCUT2D eigenvalue weighted by Crippen LogP contribution is 2.23. The number of amides is 1. The molecule has 24 heavy (non-hydrogen) atoms. The van der Waals surface area contributed by atoms with E-state index >= 15 is 0 Å². The van der Waals surface area contributed by atoms with Crippen LogP contribution < -0.4 is 5.32 Å². The Balaban J connectivity index is 1.80. The number of anilines is 1. The molecule has 0 aliphatic heterocycles. The molecule has 0 aliphatic rings. The van der Waals surface area contributed by atoms with Crippen LogP contribution in [0.1, 0.15) is 23.6 Å². The molecule has 2 aromatic heterocycles. The van der Waals surface area contributed by atoms with E-state index in [1.165, 1.54) is 12.1 Å². The molecule has 0 saturated heterocycles. The predicted molar refractivity (Wildman–Crippen MR) is 91.2 cm³/mol. The highest BCUT2D eigenvalue weighted by molar-refractivity contribution is 5.90. The van der Waals surface area contributed by atoms with Crippen LogP contribution >= 0.6 is 0 Å². The minimum absolute atomic E-state index is 0.170. The Morgan fingerprint density at radius 3 is 2.71 bits per heavy atom. The molecular weight excluding hydrogens is 305 g/mol. The van der Waals surface area contributed by atoms with Crippen molar-refractivity contribution in [2.24, 2.45) is 0 Å². The van der Waals surface area contributed by atoms with Crippen LogP contribution in [-0.4, -0.2) is 15.5 Å². The van der Waals surface area contributed by atoms with Crippen LogP contribution in [-0.2, 0) is 4.79 Å². The third-order valence-electron chi connectivity index (χ3n) is 3.78. The Kier molecular flexibility index (Phi) is 4.70. The normalized spacial score (nSPS) is 11.9. The molecule has 2 heterocycles. The molecule has 0 spiro atoms. The number of nitrogens with one attached hydrogen (secondary N) is 1. The van der Waals surface area contributed by atoms with Crippen molar-refractivity contribution in [3.63, 3.8) is 0 Å². The van der Waals surface area contributed by atoms with Crippen LogP contribution in [0.5, 0.6) is 0 Å². The zero-order valence-electron chi connectivity index (χ0n) is 13.3. The van der Waals surface area contributed by atoms with E-state index in [4.69, 9.17) is 0 Å². The summed E-state index contributed by atoms with van der Waals surface area (Å²) in [4.78, 5) is 16.6. The van der Waals surface area contributed by atoms with Gasteiger partial charge in [-0.15, -0.1) is 0 Å². The molecule has 0 fully saturated rings. The van der Waals surface area contributed by atoms with Crippen molar-refractivity contribution in [3.8, 4) is 0 Å². The third kappa shape index (κ3) is 3.87. The summed E-state index contributed by atoms with van der Waals surface area (Å²) in [7, 11) is 0. The van der Waals surface area contributed by atoms with Gasteiger partial charge in [-0.2, -0.15) is 0 Å². The molecule has 5 heteroatoms.